The van der Waals surface area contributed by atoms with Gasteiger partial charge in [0.25, 0.3) is 0 Å². The van der Waals surface area contributed by atoms with Crippen LogP contribution in [0.25, 0.3) is 0 Å². The predicted octanol–water partition coefficient (Wildman–Crippen LogP) is -0.844. The largest absolute Gasteiger partial charge is 0.379 e. The van der Waals surface area contributed by atoms with Crippen LogP contribution in [-0.2, 0) is 9.53 Å². The van der Waals surface area contributed by atoms with Crippen molar-refractivity contribution >= 4 is 5.91 Å². The van der Waals surface area contributed by atoms with Gasteiger partial charge in [0, 0.05) is 19.6 Å². The molecule has 4 atom stereocenters. The molecule has 1 amide bonds. The van der Waals surface area contributed by atoms with E-state index in [0.29, 0.717) is 6.54 Å². The van der Waals surface area contributed by atoms with Crippen molar-refractivity contribution in [3.8, 4) is 0 Å². The molecule has 3 heterocycles. The lowest BCUT2D eigenvalue weighted by Gasteiger charge is -2.47. The van der Waals surface area contributed by atoms with Gasteiger partial charge in [0.1, 0.15) is 12.5 Å². The molecule has 0 aromatic heterocycles. The highest BCUT2D eigenvalue weighted by Crippen LogP contribution is 2.20. The van der Waals surface area contributed by atoms with Gasteiger partial charge >= 0.3 is 0 Å². The van der Waals surface area contributed by atoms with Crippen molar-refractivity contribution < 1.29 is 9.53 Å². The summed E-state index contributed by atoms with van der Waals surface area (Å²) in [5.74, 6) is -0.0183. The van der Waals surface area contributed by atoms with Crippen LogP contribution in [0.15, 0.2) is 30.3 Å². The van der Waals surface area contributed by atoms with Gasteiger partial charge in [0.2, 0.25) is 5.91 Å². The average molecular weight is 317 g/mol. The zero-order valence-electron chi connectivity index (χ0n) is 13.0. The van der Waals surface area contributed by atoms with Crippen molar-refractivity contribution in [1.29, 1.82) is 0 Å². The van der Waals surface area contributed by atoms with Gasteiger partial charge in [-0.05, 0) is 5.56 Å². The number of hydrogen-bond acceptors (Lipinski definition) is 6. The Morgan fingerprint density at radius 1 is 1.09 bits per heavy atom. The Kier molecular flexibility index (Phi) is 4.28. The molecule has 1 aromatic carbocycles. The molecule has 0 spiro atoms. The lowest BCUT2D eigenvalue weighted by Crippen LogP contribution is -2.74. The van der Waals surface area contributed by atoms with Crippen molar-refractivity contribution in [3.05, 3.63) is 35.9 Å². The monoisotopic (exact) mass is 317 g/mol. The molecule has 3 aliphatic rings. The van der Waals surface area contributed by atoms with Gasteiger partial charge in [0.15, 0.2) is 0 Å². The lowest BCUT2D eigenvalue weighted by atomic mass is 9.97. The summed E-state index contributed by atoms with van der Waals surface area (Å²) in [5.41, 5.74) is 1.07. The SMILES string of the molecule is O=C1NC(c2ccccc2)NC2NC(N3CCOCC3)NCC12. The Labute approximate surface area is 135 Å². The molecule has 0 saturated carbocycles. The van der Waals surface area contributed by atoms with E-state index >= 15 is 0 Å². The number of benzene rings is 1. The minimum atomic E-state index is -0.152. The third-order valence-electron chi connectivity index (χ3n) is 4.78. The van der Waals surface area contributed by atoms with E-state index in [-0.39, 0.29) is 30.4 Å². The molecule has 3 saturated heterocycles. The van der Waals surface area contributed by atoms with Gasteiger partial charge in [-0.2, -0.15) is 0 Å². The minimum absolute atomic E-state index is 0.0388. The van der Waals surface area contributed by atoms with Crippen LogP contribution in [0.5, 0.6) is 0 Å². The number of rotatable bonds is 2. The van der Waals surface area contributed by atoms with Gasteiger partial charge in [-0.25, -0.2) is 0 Å². The summed E-state index contributed by atoms with van der Waals surface area (Å²) in [6, 6.07) is 10.0. The van der Waals surface area contributed by atoms with Crippen LogP contribution in [0.3, 0.4) is 0 Å². The molecule has 0 aliphatic carbocycles. The van der Waals surface area contributed by atoms with E-state index in [2.05, 4.69) is 26.2 Å². The van der Waals surface area contributed by atoms with Crippen LogP contribution in [0, 0.1) is 5.92 Å². The maximum Gasteiger partial charge on any atom is 0.228 e. The first kappa shape index (κ1) is 15.0. The maximum absolute atomic E-state index is 12.4. The third kappa shape index (κ3) is 3.11. The zero-order valence-corrected chi connectivity index (χ0v) is 13.0. The number of nitrogens with zero attached hydrogens (tertiary/aromatic N) is 1. The Balaban J connectivity index is 1.46. The molecule has 124 valence electrons. The standard InChI is InChI=1S/C16H23N5O2/c22-15-12-10-17-16(21-6-8-23-9-7-21)20-14(12)18-13(19-15)11-4-2-1-3-5-11/h1-5,12-14,16-18,20H,6-10H2,(H,19,22). The Morgan fingerprint density at radius 2 is 1.87 bits per heavy atom. The number of hydrogen-bond donors (Lipinski definition) is 4. The lowest BCUT2D eigenvalue weighted by molar-refractivity contribution is -0.133. The van der Waals surface area contributed by atoms with Crippen LogP contribution >= 0.6 is 0 Å². The average Bonchev–Trinajstić information content (AvgIpc) is 2.63. The molecule has 1 aromatic rings. The van der Waals surface area contributed by atoms with Gasteiger partial charge in [0.05, 0.1) is 25.3 Å². The summed E-state index contributed by atoms with van der Waals surface area (Å²) < 4.78 is 5.41. The van der Waals surface area contributed by atoms with E-state index in [1.807, 2.05) is 30.3 Å². The molecule has 7 nitrogen and oxygen atoms in total. The smallest absolute Gasteiger partial charge is 0.228 e. The van der Waals surface area contributed by atoms with Crippen LogP contribution in [0.2, 0.25) is 0 Å². The maximum atomic E-state index is 12.4. The molecule has 3 fully saturated rings. The van der Waals surface area contributed by atoms with E-state index in [1.165, 1.54) is 0 Å². The second-order valence-electron chi connectivity index (χ2n) is 6.23. The first-order chi connectivity index (χ1) is 11.3. The summed E-state index contributed by atoms with van der Waals surface area (Å²) in [6.07, 6.45) is -0.112. The summed E-state index contributed by atoms with van der Waals surface area (Å²) in [7, 11) is 0. The highest BCUT2D eigenvalue weighted by atomic mass is 16.5. The normalized spacial score (nSPS) is 35.4. The quantitative estimate of drug-likeness (QED) is 0.570. The van der Waals surface area contributed by atoms with Crippen molar-refractivity contribution in [2.45, 2.75) is 18.6 Å². The molecule has 3 aliphatic heterocycles. The third-order valence-corrected chi connectivity index (χ3v) is 4.78. The Morgan fingerprint density at radius 3 is 2.65 bits per heavy atom. The van der Waals surface area contributed by atoms with E-state index in [4.69, 9.17) is 4.74 Å². The van der Waals surface area contributed by atoms with Gasteiger partial charge in [-0.15, -0.1) is 0 Å². The van der Waals surface area contributed by atoms with Crippen LogP contribution < -0.4 is 21.3 Å². The molecule has 7 heteroatoms. The number of carbonyl (C=O) groups is 1. The fraction of sp³-hybridized carbons (Fsp3) is 0.562. The van der Waals surface area contributed by atoms with E-state index in [1.54, 1.807) is 0 Å². The Hall–Kier alpha value is -1.51. The fourth-order valence-corrected chi connectivity index (χ4v) is 3.48. The number of fused-ring (bicyclic) bond motifs is 1. The molecule has 0 bridgehead atoms. The molecule has 4 N–H and O–H groups in total. The van der Waals surface area contributed by atoms with Gasteiger partial charge in [-0.1, -0.05) is 30.3 Å². The van der Waals surface area contributed by atoms with E-state index in [9.17, 15) is 4.79 Å². The fourth-order valence-electron chi connectivity index (χ4n) is 3.48. The molecular weight excluding hydrogens is 294 g/mol. The van der Waals surface area contributed by atoms with Crippen molar-refractivity contribution in [3.63, 3.8) is 0 Å². The van der Waals surface area contributed by atoms with Gasteiger partial charge < -0.3 is 10.1 Å². The van der Waals surface area contributed by atoms with Gasteiger partial charge in [-0.3, -0.25) is 25.6 Å². The minimum Gasteiger partial charge on any atom is -0.379 e. The molecular formula is C16H23N5O2. The summed E-state index contributed by atoms with van der Waals surface area (Å²) in [4.78, 5) is 14.8. The topological polar surface area (TPSA) is 77.7 Å². The first-order valence-corrected chi connectivity index (χ1v) is 8.24. The van der Waals surface area contributed by atoms with Crippen molar-refractivity contribution in [2.75, 3.05) is 32.8 Å². The number of carbonyl (C=O) groups excluding carboxylic acids is 1. The number of amides is 1. The van der Waals surface area contributed by atoms with Crippen molar-refractivity contribution in [2.24, 2.45) is 5.92 Å². The van der Waals surface area contributed by atoms with Crippen LogP contribution in [0.4, 0.5) is 0 Å². The highest BCUT2D eigenvalue weighted by molar-refractivity contribution is 5.81. The highest BCUT2D eigenvalue weighted by Gasteiger charge is 2.41. The molecule has 4 rings (SSSR count). The number of nitrogens with one attached hydrogen (secondary N) is 4. The summed E-state index contributed by atoms with van der Waals surface area (Å²) in [5, 5.41) is 13.6. The molecule has 23 heavy (non-hydrogen) atoms. The summed E-state index contributed by atoms with van der Waals surface area (Å²) in [6.45, 7) is 3.98. The number of morpholine rings is 1. The summed E-state index contributed by atoms with van der Waals surface area (Å²) >= 11 is 0. The van der Waals surface area contributed by atoms with Crippen LogP contribution in [0.1, 0.15) is 11.7 Å². The Bertz CT molecular complexity index is 549. The molecule has 0 radical (unpaired) electrons. The zero-order chi connectivity index (χ0) is 15.6. The number of ether oxygens (including phenoxy) is 1. The molecule has 4 unspecified atom stereocenters. The predicted molar refractivity (Wildman–Crippen MR) is 85.1 cm³/mol. The second kappa shape index (κ2) is 6.54. The van der Waals surface area contributed by atoms with Crippen LogP contribution in [-0.4, -0.2) is 56.1 Å². The first-order valence-electron chi connectivity index (χ1n) is 8.24. The van der Waals surface area contributed by atoms with E-state index in [0.717, 1.165) is 31.9 Å². The second-order valence-corrected chi connectivity index (χ2v) is 6.23. The van der Waals surface area contributed by atoms with Crippen molar-refractivity contribution in [1.82, 2.24) is 26.2 Å². The van der Waals surface area contributed by atoms with E-state index < -0.39 is 0 Å².